The second-order valence-corrected chi connectivity index (χ2v) is 19.1. The van der Waals surface area contributed by atoms with Gasteiger partial charge in [-0.1, -0.05) is 196 Å². The molecule has 2 unspecified atom stereocenters. The van der Waals surface area contributed by atoms with E-state index in [4.69, 9.17) is 18.9 Å². The number of allylic oxidation sites excluding steroid dienone is 12. The molecule has 0 aromatic carbocycles. The van der Waals surface area contributed by atoms with Gasteiger partial charge in [0.15, 0.2) is 12.4 Å². The van der Waals surface area contributed by atoms with Crippen molar-refractivity contribution in [2.45, 2.75) is 232 Å². The van der Waals surface area contributed by atoms with E-state index in [0.29, 0.717) is 17.4 Å². The lowest BCUT2D eigenvalue weighted by Crippen LogP contribution is -2.44. The molecule has 0 amide bonds. The molecule has 386 valence electrons. The van der Waals surface area contributed by atoms with Crippen molar-refractivity contribution in [1.82, 2.24) is 0 Å². The van der Waals surface area contributed by atoms with E-state index in [1.54, 1.807) is 0 Å². The molecule has 0 N–H and O–H groups in total. The van der Waals surface area contributed by atoms with Crippen LogP contribution < -0.4 is 5.11 Å². The minimum atomic E-state index is -1.63. The van der Waals surface area contributed by atoms with Gasteiger partial charge in [0.1, 0.15) is 13.2 Å². The van der Waals surface area contributed by atoms with Crippen molar-refractivity contribution >= 4 is 17.9 Å². The Morgan fingerprint density at radius 3 is 1.27 bits per heavy atom. The molecular weight excluding hydrogens is 839 g/mol. The number of rotatable bonds is 49. The molecule has 0 aromatic heterocycles. The number of carboxylic acids is 1. The van der Waals surface area contributed by atoms with Crippen LogP contribution in [0, 0.1) is 0 Å². The van der Waals surface area contributed by atoms with Crippen molar-refractivity contribution in [3.8, 4) is 0 Å². The van der Waals surface area contributed by atoms with Gasteiger partial charge in [0.25, 0.3) is 0 Å². The lowest BCUT2D eigenvalue weighted by molar-refractivity contribution is -0.870. The molecule has 2 atom stereocenters. The lowest BCUT2D eigenvalue weighted by atomic mass is 10.0. The summed E-state index contributed by atoms with van der Waals surface area (Å²) in [6, 6.07) is 0. The summed E-state index contributed by atoms with van der Waals surface area (Å²) < 4.78 is 22.6. The first-order valence-corrected chi connectivity index (χ1v) is 27.1. The Morgan fingerprint density at radius 1 is 0.463 bits per heavy atom. The van der Waals surface area contributed by atoms with Crippen molar-refractivity contribution in [3.63, 3.8) is 0 Å². The summed E-state index contributed by atoms with van der Waals surface area (Å²) in [6.45, 7) is 4.61. The van der Waals surface area contributed by atoms with Gasteiger partial charge in [-0.05, 0) is 83.5 Å². The van der Waals surface area contributed by atoms with Gasteiger partial charge in [0.2, 0.25) is 0 Å². The predicted molar refractivity (Wildman–Crippen MR) is 278 cm³/mol. The molecule has 67 heavy (non-hydrogen) atoms. The van der Waals surface area contributed by atoms with Gasteiger partial charge in [-0.3, -0.25) is 9.59 Å². The van der Waals surface area contributed by atoms with Crippen LogP contribution in [0.25, 0.3) is 0 Å². The normalized spacial score (nSPS) is 13.4. The van der Waals surface area contributed by atoms with E-state index in [1.165, 1.54) is 96.3 Å². The maximum atomic E-state index is 12.8. The number of carbonyl (C=O) groups is 3. The fourth-order valence-electron chi connectivity index (χ4n) is 7.26. The molecule has 0 spiro atoms. The zero-order valence-electron chi connectivity index (χ0n) is 43.8. The number of ether oxygens (including phenoxy) is 4. The smallest absolute Gasteiger partial charge is 0.306 e. The van der Waals surface area contributed by atoms with E-state index in [-0.39, 0.29) is 38.6 Å². The topological polar surface area (TPSA) is 111 Å². The van der Waals surface area contributed by atoms with Crippen LogP contribution in [0.15, 0.2) is 72.9 Å². The van der Waals surface area contributed by atoms with Crippen LogP contribution in [0.4, 0.5) is 0 Å². The Morgan fingerprint density at radius 2 is 0.851 bits per heavy atom. The van der Waals surface area contributed by atoms with Gasteiger partial charge in [0.05, 0.1) is 40.3 Å². The number of likely N-dealkylation sites (N-methyl/N-ethyl adjacent to an activating group) is 1. The quantitative estimate of drug-likeness (QED) is 0.0195. The standard InChI is InChI=1S/C58H101NO8/c1-6-8-10-12-14-16-18-20-22-24-26-27-28-29-31-32-34-36-38-40-42-44-46-48-55(60)65-52-54(53-66-58(57(62)63)64-51-50-59(3,4)5)67-56(61)49-47-45-43-41-39-37-35-33-30-25-23-21-19-17-15-13-11-9-7-2/h9,11,15,17-18,20-21,23-24,26,30,33,54,58H,6-8,10,12-14,16,19,22,25,27-29,31-32,34-53H2,1-5H3/b11-9-,17-15-,20-18-,23-21-,26-24-,33-30-. The molecule has 0 radical (unpaired) electrons. The number of hydrogen-bond donors (Lipinski definition) is 0. The summed E-state index contributed by atoms with van der Waals surface area (Å²) in [7, 11) is 5.91. The minimum absolute atomic E-state index is 0.141. The highest BCUT2D eigenvalue weighted by Gasteiger charge is 2.22. The molecule has 0 bridgehead atoms. The van der Waals surface area contributed by atoms with Crippen molar-refractivity contribution in [2.24, 2.45) is 0 Å². The average molecular weight is 940 g/mol. The minimum Gasteiger partial charge on any atom is -0.545 e. The van der Waals surface area contributed by atoms with E-state index < -0.39 is 24.3 Å². The Kier molecular flexibility index (Phi) is 46.8. The van der Waals surface area contributed by atoms with Crippen LogP contribution in [0.3, 0.4) is 0 Å². The Labute approximate surface area is 411 Å². The van der Waals surface area contributed by atoms with Crippen LogP contribution in [-0.4, -0.2) is 82.3 Å². The molecule has 0 aliphatic heterocycles. The summed E-state index contributed by atoms with van der Waals surface area (Å²) in [5.41, 5.74) is 0. The molecule has 9 nitrogen and oxygen atoms in total. The molecular formula is C58H101NO8. The fourth-order valence-corrected chi connectivity index (χ4v) is 7.26. The number of hydrogen-bond acceptors (Lipinski definition) is 8. The number of carboxylic acid groups (broad SMARTS) is 1. The number of unbranched alkanes of at least 4 members (excludes halogenated alkanes) is 22. The van der Waals surface area contributed by atoms with Crippen LogP contribution in [0.1, 0.15) is 219 Å². The average Bonchev–Trinajstić information content (AvgIpc) is 3.29. The molecule has 0 aromatic rings. The predicted octanol–water partition coefficient (Wildman–Crippen LogP) is 14.1. The third-order valence-electron chi connectivity index (χ3n) is 11.4. The van der Waals surface area contributed by atoms with Crippen LogP contribution in [0.5, 0.6) is 0 Å². The number of aliphatic carboxylic acids is 1. The molecule has 0 aliphatic rings. The first kappa shape index (κ1) is 63.7. The molecule has 0 saturated heterocycles. The summed E-state index contributed by atoms with van der Waals surface area (Å²) >= 11 is 0. The van der Waals surface area contributed by atoms with Crippen LogP contribution in [-0.2, 0) is 33.3 Å². The number of nitrogens with zero attached hydrogens (tertiary/aromatic N) is 1. The van der Waals surface area contributed by atoms with Crippen molar-refractivity contribution in [2.75, 3.05) is 47.5 Å². The third-order valence-corrected chi connectivity index (χ3v) is 11.4. The van der Waals surface area contributed by atoms with Gasteiger partial charge in [-0.25, -0.2) is 0 Å². The van der Waals surface area contributed by atoms with Crippen molar-refractivity contribution < 1.29 is 42.9 Å². The molecule has 0 fully saturated rings. The van der Waals surface area contributed by atoms with E-state index >= 15 is 0 Å². The monoisotopic (exact) mass is 940 g/mol. The van der Waals surface area contributed by atoms with Gasteiger partial charge in [-0.15, -0.1) is 0 Å². The number of quaternary nitrogens is 1. The van der Waals surface area contributed by atoms with E-state index in [2.05, 4.69) is 86.8 Å². The first-order chi connectivity index (χ1) is 32.6. The number of carbonyl (C=O) groups excluding carboxylic acids is 3. The second-order valence-electron chi connectivity index (χ2n) is 19.1. The molecule has 0 aliphatic carbocycles. The molecule has 0 rings (SSSR count). The fraction of sp³-hybridized carbons (Fsp3) is 0.741. The summed E-state index contributed by atoms with van der Waals surface area (Å²) in [6.07, 6.45) is 59.3. The summed E-state index contributed by atoms with van der Waals surface area (Å²) in [5, 5.41) is 11.8. The maximum Gasteiger partial charge on any atom is 0.306 e. The highest BCUT2D eigenvalue weighted by Crippen LogP contribution is 2.15. The largest absolute Gasteiger partial charge is 0.545 e. The maximum absolute atomic E-state index is 12.8. The van der Waals surface area contributed by atoms with Crippen molar-refractivity contribution in [1.29, 1.82) is 0 Å². The Hall–Kier alpha value is -3.27. The van der Waals surface area contributed by atoms with Crippen LogP contribution >= 0.6 is 0 Å². The second kappa shape index (κ2) is 49.2. The third kappa shape index (κ3) is 50.4. The van der Waals surface area contributed by atoms with E-state index in [9.17, 15) is 19.5 Å². The van der Waals surface area contributed by atoms with Gasteiger partial charge in [-0.2, -0.15) is 0 Å². The molecule has 0 heterocycles. The van der Waals surface area contributed by atoms with Crippen molar-refractivity contribution in [3.05, 3.63) is 72.9 Å². The highest BCUT2D eigenvalue weighted by molar-refractivity contribution is 5.70. The van der Waals surface area contributed by atoms with Gasteiger partial charge in [0, 0.05) is 12.8 Å². The SMILES string of the molecule is CC/C=C\C/C=C\C/C=C\C/C=C\CCCCCCCCC(=O)OC(COC(=O)CCCCCCCCCCCCC/C=C\C/C=C\CCCCCCC)COC(OCC[N+](C)(C)C)C(=O)[O-]. The van der Waals surface area contributed by atoms with E-state index in [1.807, 2.05) is 21.1 Å². The lowest BCUT2D eigenvalue weighted by Gasteiger charge is -2.26. The van der Waals surface area contributed by atoms with Crippen LogP contribution in [0.2, 0.25) is 0 Å². The number of esters is 2. The Bertz CT molecular complexity index is 1330. The van der Waals surface area contributed by atoms with Gasteiger partial charge >= 0.3 is 11.9 Å². The molecule has 9 heteroatoms. The van der Waals surface area contributed by atoms with Gasteiger partial charge < -0.3 is 33.3 Å². The first-order valence-electron chi connectivity index (χ1n) is 27.1. The summed E-state index contributed by atoms with van der Waals surface area (Å²) in [5.74, 6) is -2.31. The zero-order chi connectivity index (χ0) is 49.2. The highest BCUT2D eigenvalue weighted by atomic mass is 16.7. The zero-order valence-corrected chi connectivity index (χ0v) is 43.8. The summed E-state index contributed by atoms with van der Waals surface area (Å²) in [4.78, 5) is 37.2. The Balaban J connectivity index is 4.32. The molecule has 0 saturated carbocycles. The van der Waals surface area contributed by atoms with E-state index in [0.717, 1.165) is 89.9 Å².